The van der Waals surface area contributed by atoms with Crippen LogP contribution in [0.15, 0.2) is 40.0 Å². The van der Waals surface area contributed by atoms with Crippen molar-refractivity contribution in [3.05, 3.63) is 52.7 Å². The number of hydrogen-bond donors (Lipinski definition) is 1. The number of thiophene rings is 1. The first-order valence-electron chi connectivity index (χ1n) is 10.0. The highest BCUT2D eigenvalue weighted by Crippen LogP contribution is 2.36. The van der Waals surface area contributed by atoms with Crippen molar-refractivity contribution >= 4 is 31.6 Å². The van der Waals surface area contributed by atoms with Crippen molar-refractivity contribution in [3.63, 3.8) is 0 Å². The van der Waals surface area contributed by atoms with Crippen molar-refractivity contribution in [1.29, 1.82) is 0 Å². The fourth-order valence-corrected chi connectivity index (χ4v) is 5.02. The second-order valence-corrected chi connectivity index (χ2v) is 8.38. The van der Waals surface area contributed by atoms with Crippen LogP contribution >= 0.6 is 11.3 Å². The zero-order valence-corrected chi connectivity index (χ0v) is 17.2. The van der Waals surface area contributed by atoms with Crippen LogP contribution in [0.4, 0.5) is 0 Å². The van der Waals surface area contributed by atoms with Gasteiger partial charge in [-0.1, -0.05) is 12.1 Å². The van der Waals surface area contributed by atoms with Gasteiger partial charge in [-0.3, -0.25) is 14.3 Å². The van der Waals surface area contributed by atoms with Gasteiger partial charge in [-0.05, 0) is 19.0 Å². The van der Waals surface area contributed by atoms with Gasteiger partial charge >= 0.3 is 0 Å². The first-order valence-corrected chi connectivity index (χ1v) is 10.8. The number of aromatic hydroxyl groups is 1. The summed E-state index contributed by atoms with van der Waals surface area (Å²) in [6.07, 6.45) is 4.55. The van der Waals surface area contributed by atoms with Crippen LogP contribution in [0.2, 0.25) is 0 Å². The lowest BCUT2D eigenvalue weighted by Crippen LogP contribution is -2.37. The Bertz CT molecular complexity index is 1230. The number of fused-ring (bicyclic) bond motifs is 3. The Morgan fingerprint density at radius 2 is 2.10 bits per heavy atom. The second-order valence-electron chi connectivity index (χ2n) is 7.38. The molecule has 1 aliphatic heterocycles. The molecule has 4 heterocycles. The molecule has 0 unspecified atom stereocenters. The van der Waals surface area contributed by atoms with Gasteiger partial charge in [0.25, 0.3) is 5.56 Å². The van der Waals surface area contributed by atoms with E-state index in [0.29, 0.717) is 27.1 Å². The Hall–Kier alpha value is -2.75. The summed E-state index contributed by atoms with van der Waals surface area (Å²) in [7, 11) is 0. The molecule has 30 heavy (non-hydrogen) atoms. The molecule has 0 amide bonds. The summed E-state index contributed by atoms with van der Waals surface area (Å²) < 4.78 is 13.2. The maximum absolute atomic E-state index is 13.5. The molecule has 3 aromatic heterocycles. The van der Waals surface area contributed by atoms with Crippen LogP contribution in [0.25, 0.3) is 20.3 Å². The molecule has 8 nitrogen and oxygen atoms in total. The lowest BCUT2D eigenvalue weighted by molar-refractivity contribution is 0.0374. The first-order chi connectivity index (χ1) is 14.7. The molecular formula is C21H22N4O4S. The van der Waals surface area contributed by atoms with Crippen LogP contribution in [0.5, 0.6) is 5.75 Å². The summed E-state index contributed by atoms with van der Waals surface area (Å²) in [5, 5.41) is 11.5. The van der Waals surface area contributed by atoms with E-state index in [9.17, 15) is 9.90 Å². The van der Waals surface area contributed by atoms with E-state index in [4.69, 9.17) is 14.1 Å². The van der Waals surface area contributed by atoms with Crippen molar-refractivity contribution < 1.29 is 14.3 Å². The minimum atomic E-state index is -0.116. The van der Waals surface area contributed by atoms with Crippen molar-refractivity contribution in [2.45, 2.75) is 19.4 Å². The van der Waals surface area contributed by atoms with Crippen molar-refractivity contribution in [2.75, 3.05) is 32.8 Å². The number of morpholine rings is 1. The lowest BCUT2D eigenvalue weighted by atomic mass is 10.2. The number of nitrogens with zero attached hydrogens (tertiary/aromatic N) is 4. The number of rotatable bonds is 6. The third-order valence-corrected chi connectivity index (χ3v) is 6.58. The van der Waals surface area contributed by atoms with Gasteiger partial charge in [-0.2, -0.15) is 0 Å². The molecule has 4 aromatic rings. The Balaban J connectivity index is 1.54. The van der Waals surface area contributed by atoms with Gasteiger partial charge in [0.2, 0.25) is 0 Å². The number of ether oxygens (including phenoxy) is 1. The number of aromatic nitrogens is 3. The van der Waals surface area contributed by atoms with Gasteiger partial charge in [0.15, 0.2) is 6.39 Å². The van der Waals surface area contributed by atoms with Gasteiger partial charge < -0.3 is 14.3 Å². The zero-order chi connectivity index (χ0) is 20.5. The molecule has 9 heteroatoms. The Morgan fingerprint density at radius 1 is 1.23 bits per heavy atom. The highest BCUT2D eigenvalue weighted by atomic mass is 32.1. The van der Waals surface area contributed by atoms with E-state index in [1.165, 1.54) is 17.7 Å². The fraction of sp³-hybridized carbons (Fsp3) is 0.381. The van der Waals surface area contributed by atoms with E-state index >= 15 is 0 Å². The van der Waals surface area contributed by atoms with E-state index < -0.39 is 0 Å². The van der Waals surface area contributed by atoms with Gasteiger partial charge in [0, 0.05) is 24.9 Å². The standard InChI is InChI=1S/C21H22N4O4S/c26-16-4-1-3-15-18-20(30-19(15)16)23-17(5-2-6-24-7-9-28-10-8-24)25(21(18)27)12-14-11-22-13-29-14/h1,3-4,11,13,26H,2,5-10,12H2. The van der Waals surface area contributed by atoms with Crippen LogP contribution in [-0.2, 0) is 17.7 Å². The minimum absolute atomic E-state index is 0.116. The van der Waals surface area contributed by atoms with Crippen molar-refractivity contribution in [3.8, 4) is 5.75 Å². The first kappa shape index (κ1) is 19.2. The Morgan fingerprint density at radius 3 is 2.90 bits per heavy atom. The Kier molecular flexibility index (Phi) is 5.24. The molecule has 0 spiro atoms. The van der Waals surface area contributed by atoms with Gasteiger partial charge in [-0.25, -0.2) is 9.97 Å². The molecule has 0 aliphatic carbocycles. The molecule has 1 N–H and O–H groups in total. The summed E-state index contributed by atoms with van der Waals surface area (Å²) in [5.74, 6) is 1.50. The smallest absolute Gasteiger partial charge is 0.263 e. The molecule has 1 aliphatic rings. The van der Waals surface area contributed by atoms with Gasteiger partial charge in [-0.15, -0.1) is 11.3 Å². The van der Waals surface area contributed by atoms with E-state index in [-0.39, 0.29) is 17.9 Å². The maximum atomic E-state index is 13.5. The van der Waals surface area contributed by atoms with Gasteiger partial charge in [0.05, 0.1) is 36.0 Å². The molecule has 0 atom stereocenters. The normalized spacial score (nSPS) is 15.3. The van der Waals surface area contributed by atoms with E-state index in [1.807, 2.05) is 6.07 Å². The zero-order valence-electron chi connectivity index (χ0n) is 16.4. The van der Waals surface area contributed by atoms with Crippen LogP contribution in [0, 0.1) is 0 Å². The number of oxazole rings is 1. The second kappa shape index (κ2) is 8.17. The van der Waals surface area contributed by atoms with Crippen LogP contribution in [0.1, 0.15) is 18.0 Å². The quantitative estimate of drug-likeness (QED) is 0.506. The van der Waals surface area contributed by atoms with Gasteiger partial charge in [0.1, 0.15) is 22.2 Å². The van der Waals surface area contributed by atoms with Crippen molar-refractivity contribution in [2.24, 2.45) is 0 Å². The van der Waals surface area contributed by atoms with E-state index in [0.717, 1.165) is 50.5 Å². The molecular weight excluding hydrogens is 404 g/mol. The third kappa shape index (κ3) is 3.60. The van der Waals surface area contributed by atoms with Crippen LogP contribution < -0.4 is 5.56 Å². The monoisotopic (exact) mass is 426 g/mol. The average Bonchev–Trinajstić information content (AvgIpc) is 3.40. The molecule has 1 aromatic carbocycles. The minimum Gasteiger partial charge on any atom is -0.506 e. The number of phenolic OH excluding ortho intramolecular Hbond substituents is 1. The molecule has 5 rings (SSSR count). The number of benzene rings is 1. The fourth-order valence-electron chi connectivity index (χ4n) is 3.92. The number of phenols is 1. The highest BCUT2D eigenvalue weighted by molar-refractivity contribution is 7.25. The largest absolute Gasteiger partial charge is 0.506 e. The van der Waals surface area contributed by atoms with Crippen LogP contribution in [0.3, 0.4) is 0 Å². The molecule has 156 valence electrons. The summed E-state index contributed by atoms with van der Waals surface area (Å²) in [6, 6.07) is 5.24. The summed E-state index contributed by atoms with van der Waals surface area (Å²) in [4.78, 5) is 25.3. The molecule has 0 saturated carbocycles. The van der Waals surface area contributed by atoms with Crippen molar-refractivity contribution in [1.82, 2.24) is 19.4 Å². The summed E-state index contributed by atoms with van der Waals surface area (Å²) in [5.41, 5.74) is -0.116. The highest BCUT2D eigenvalue weighted by Gasteiger charge is 2.19. The number of hydrogen-bond acceptors (Lipinski definition) is 8. The maximum Gasteiger partial charge on any atom is 0.263 e. The Labute approximate surface area is 176 Å². The SMILES string of the molecule is O=c1c2c(nc(CCCN3CCOCC3)n1Cc1cnco1)sc1c(O)cccc12. The molecule has 1 fully saturated rings. The predicted octanol–water partition coefficient (Wildman–Crippen LogP) is 2.62. The molecule has 0 bridgehead atoms. The number of aryl methyl sites for hydroxylation is 1. The topological polar surface area (TPSA) is 93.6 Å². The summed E-state index contributed by atoms with van der Waals surface area (Å²) >= 11 is 1.36. The third-order valence-electron chi connectivity index (χ3n) is 5.45. The predicted molar refractivity (Wildman–Crippen MR) is 114 cm³/mol. The lowest BCUT2D eigenvalue weighted by Gasteiger charge is -2.26. The van der Waals surface area contributed by atoms with E-state index in [1.54, 1.807) is 22.9 Å². The van der Waals surface area contributed by atoms with Crippen LogP contribution in [-0.4, -0.2) is 57.4 Å². The van der Waals surface area contributed by atoms with E-state index in [2.05, 4.69) is 9.88 Å². The summed E-state index contributed by atoms with van der Waals surface area (Å²) in [6.45, 7) is 4.63. The molecule has 1 saturated heterocycles. The average molecular weight is 426 g/mol. The molecule has 0 radical (unpaired) electrons.